The fourth-order valence-electron chi connectivity index (χ4n) is 1.56. The molecule has 0 N–H and O–H groups in total. The van der Waals surface area contributed by atoms with Crippen LogP contribution < -0.4 is 0 Å². The number of rotatable bonds is 0. The summed E-state index contributed by atoms with van der Waals surface area (Å²) in [4.78, 5) is 0. The van der Waals surface area contributed by atoms with E-state index in [4.69, 9.17) is 0 Å². The SMILES string of the molecule is C1#CCCCCCCC#CCCCC1. The molecular formula is C14H20. The zero-order valence-corrected chi connectivity index (χ0v) is 9.07. The molecule has 0 heterocycles. The summed E-state index contributed by atoms with van der Waals surface area (Å²) in [6, 6.07) is 0. The Bertz CT molecular complexity index is 213. The van der Waals surface area contributed by atoms with Gasteiger partial charge in [-0.2, -0.15) is 0 Å². The van der Waals surface area contributed by atoms with E-state index in [-0.39, 0.29) is 0 Å². The number of hydrogen-bond acceptors (Lipinski definition) is 0. The minimum Gasteiger partial charge on any atom is -0.103 e. The van der Waals surface area contributed by atoms with Gasteiger partial charge in [-0.05, 0) is 25.7 Å². The zero-order valence-electron chi connectivity index (χ0n) is 9.07. The first-order chi connectivity index (χ1) is 7.00. The van der Waals surface area contributed by atoms with E-state index in [1.54, 1.807) is 0 Å². The standard InChI is InChI=1S/C14H20/c1-2-4-6-8-10-12-14-13-11-9-7-5-3-1/h1-6,11-14H2. The molecule has 1 rings (SSSR count). The topological polar surface area (TPSA) is 0 Å². The lowest BCUT2D eigenvalue weighted by molar-refractivity contribution is 0.659. The van der Waals surface area contributed by atoms with Gasteiger partial charge in [0.15, 0.2) is 0 Å². The van der Waals surface area contributed by atoms with Crippen molar-refractivity contribution in [3.8, 4) is 23.7 Å². The van der Waals surface area contributed by atoms with Crippen LogP contribution in [-0.2, 0) is 0 Å². The Morgan fingerprint density at radius 3 is 1.00 bits per heavy atom. The Labute approximate surface area is 88.5 Å². The molecule has 0 radical (unpaired) electrons. The van der Waals surface area contributed by atoms with E-state index < -0.39 is 0 Å². The van der Waals surface area contributed by atoms with Crippen LogP contribution in [0.3, 0.4) is 0 Å². The molecule has 0 aromatic carbocycles. The minimum absolute atomic E-state index is 1.07. The predicted octanol–water partition coefficient (Wildman–Crippen LogP) is 3.91. The first-order valence-electron chi connectivity index (χ1n) is 5.91. The molecular weight excluding hydrogens is 168 g/mol. The fourth-order valence-corrected chi connectivity index (χ4v) is 1.56. The van der Waals surface area contributed by atoms with Crippen LogP contribution in [0.4, 0.5) is 0 Å². The van der Waals surface area contributed by atoms with Crippen LogP contribution in [-0.4, -0.2) is 0 Å². The van der Waals surface area contributed by atoms with Gasteiger partial charge < -0.3 is 0 Å². The molecule has 14 heavy (non-hydrogen) atoms. The molecule has 0 saturated heterocycles. The monoisotopic (exact) mass is 188 g/mol. The zero-order chi connectivity index (χ0) is 9.90. The molecule has 0 heteroatoms. The lowest BCUT2D eigenvalue weighted by atomic mass is 10.1. The van der Waals surface area contributed by atoms with E-state index in [1.165, 1.54) is 38.5 Å². The molecule has 0 saturated carbocycles. The second kappa shape index (κ2) is 8.71. The Morgan fingerprint density at radius 1 is 0.357 bits per heavy atom. The van der Waals surface area contributed by atoms with E-state index in [2.05, 4.69) is 23.7 Å². The highest BCUT2D eigenvalue weighted by Gasteiger charge is 1.88. The summed E-state index contributed by atoms with van der Waals surface area (Å²) in [5, 5.41) is 0. The minimum atomic E-state index is 1.07. The van der Waals surface area contributed by atoms with Gasteiger partial charge >= 0.3 is 0 Å². The molecule has 0 fully saturated rings. The highest BCUT2D eigenvalue weighted by molar-refractivity contribution is 5.00. The van der Waals surface area contributed by atoms with Gasteiger partial charge in [-0.15, -0.1) is 23.7 Å². The maximum Gasteiger partial charge on any atom is 0.00890 e. The average Bonchev–Trinajstić information content (AvgIpc) is 2.22. The lowest BCUT2D eigenvalue weighted by Gasteiger charge is -1.95. The van der Waals surface area contributed by atoms with Crippen LogP contribution in [0.5, 0.6) is 0 Å². The summed E-state index contributed by atoms with van der Waals surface area (Å²) >= 11 is 0. The molecule has 76 valence electrons. The Balaban J connectivity index is 2.22. The number of hydrogen-bond donors (Lipinski definition) is 0. The predicted molar refractivity (Wildman–Crippen MR) is 61.7 cm³/mol. The van der Waals surface area contributed by atoms with Gasteiger partial charge in [-0.3, -0.25) is 0 Å². The van der Waals surface area contributed by atoms with Crippen LogP contribution in [0, 0.1) is 23.7 Å². The molecule has 0 aliphatic heterocycles. The highest BCUT2D eigenvalue weighted by atomic mass is 13.9. The van der Waals surface area contributed by atoms with Crippen molar-refractivity contribution in [2.24, 2.45) is 0 Å². The van der Waals surface area contributed by atoms with Crippen molar-refractivity contribution in [3.63, 3.8) is 0 Å². The van der Waals surface area contributed by atoms with Gasteiger partial charge in [0.25, 0.3) is 0 Å². The van der Waals surface area contributed by atoms with Gasteiger partial charge in [0.1, 0.15) is 0 Å². The largest absolute Gasteiger partial charge is 0.103 e. The molecule has 0 aromatic heterocycles. The lowest BCUT2D eigenvalue weighted by Crippen LogP contribution is -1.79. The normalized spacial score (nSPS) is 19.4. The Morgan fingerprint density at radius 2 is 0.643 bits per heavy atom. The molecule has 0 aromatic rings. The van der Waals surface area contributed by atoms with Crippen LogP contribution >= 0.6 is 0 Å². The van der Waals surface area contributed by atoms with E-state index in [9.17, 15) is 0 Å². The van der Waals surface area contributed by atoms with E-state index in [1.807, 2.05) is 0 Å². The molecule has 0 atom stereocenters. The summed E-state index contributed by atoms with van der Waals surface area (Å²) in [5.74, 6) is 13.0. The first-order valence-corrected chi connectivity index (χ1v) is 5.91. The summed E-state index contributed by atoms with van der Waals surface area (Å²) in [6.07, 6.45) is 12.0. The second-order valence-electron chi connectivity index (χ2n) is 3.83. The van der Waals surface area contributed by atoms with E-state index in [0.717, 1.165) is 25.7 Å². The first kappa shape index (κ1) is 11.2. The molecule has 1 aliphatic rings. The van der Waals surface area contributed by atoms with Crippen molar-refractivity contribution in [2.45, 2.75) is 64.2 Å². The Hall–Kier alpha value is -0.880. The van der Waals surface area contributed by atoms with Gasteiger partial charge in [0.05, 0.1) is 0 Å². The van der Waals surface area contributed by atoms with Gasteiger partial charge in [0.2, 0.25) is 0 Å². The molecule has 0 amide bonds. The van der Waals surface area contributed by atoms with Gasteiger partial charge in [-0.1, -0.05) is 12.8 Å². The summed E-state index contributed by atoms with van der Waals surface area (Å²) in [5.41, 5.74) is 0. The van der Waals surface area contributed by atoms with Crippen molar-refractivity contribution in [1.82, 2.24) is 0 Å². The Kier molecular flexibility index (Phi) is 6.96. The fraction of sp³-hybridized carbons (Fsp3) is 0.714. The summed E-state index contributed by atoms with van der Waals surface area (Å²) in [6.45, 7) is 0. The maximum absolute atomic E-state index is 3.25. The maximum atomic E-state index is 3.25. The van der Waals surface area contributed by atoms with Crippen molar-refractivity contribution in [1.29, 1.82) is 0 Å². The van der Waals surface area contributed by atoms with Crippen molar-refractivity contribution >= 4 is 0 Å². The van der Waals surface area contributed by atoms with Crippen LogP contribution in [0.15, 0.2) is 0 Å². The third kappa shape index (κ3) is 6.62. The van der Waals surface area contributed by atoms with Gasteiger partial charge in [0, 0.05) is 25.7 Å². The molecule has 0 bridgehead atoms. The third-order valence-electron chi connectivity index (χ3n) is 2.46. The second-order valence-corrected chi connectivity index (χ2v) is 3.83. The summed E-state index contributed by atoms with van der Waals surface area (Å²) < 4.78 is 0. The third-order valence-corrected chi connectivity index (χ3v) is 2.46. The summed E-state index contributed by atoms with van der Waals surface area (Å²) in [7, 11) is 0. The molecule has 0 nitrogen and oxygen atoms in total. The quantitative estimate of drug-likeness (QED) is 0.506. The molecule has 1 aliphatic carbocycles. The van der Waals surface area contributed by atoms with Crippen LogP contribution in [0.25, 0.3) is 0 Å². The molecule has 0 spiro atoms. The van der Waals surface area contributed by atoms with E-state index in [0.29, 0.717) is 0 Å². The van der Waals surface area contributed by atoms with Gasteiger partial charge in [-0.25, -0.2) is 0 Å². The molecule has 0 unspecified atom stereocenters. The van der Waals surface area contributed by atoms with E-state index >= 15 is 0 Å². The van der Waals surface area contributed by atoms with Crippen molar-refractivity contribution < 1.29 is 0 Å². The average molecular weight is 188 g/mol. The smallest absolute Gasteiger partial charge is 0.00890 e. The highest BCUT2D eigenvalue weighted by Crippen LogP contribution is 2.05. The van der Waals surface area contributed by atoms with Crippen molar-refractivity contribution in [2.75, 3.05) is 0 Å². The van der Waals surface area contributed by atoms with Crippen LogP contribution in [0.1, 0.15) is 64.2 Å². The van der Waals surface area contributed by atoms with Crippen LogP contribution in [0.2, 0.25) is 0 Å². The van der Waals surface area contributed by atoms with Crippen molar-refractivity contribution in [3.05, 3.63) is 0 Å².